The van der Waals surface area contributed by atoms with Crippen molar-refractivity contribution in [1.82, 2.24) is 5.32 Å². The Morgan fingerprint density at radius 1 is 0.622 bits per heavy atom. The Labute approximate surface area is 219 Å². The fraction of sp³-hybridized carbons (Fsp3) is 0.194. The lowest BCUT2D eigenvalue weighted by Crippen LogP contribution is -2.28. The lowest BCUT2D eigenvalue weighted by atomic mass is 10.0. The molecule has 0 fully saturated rings. The third kappa shape index (κ3) is 8.83. The first-order valence-corrected chi connectivity index (χ1v) is 14.2. The zero-order valence-electron chi connectivity index (χ0n) is 20.8. The molecule has 0 saturated heterocycles. The minimum Gasteiger partial charge on any atom is -0.356 e. The molecule has 4 rings (SSSR count). The van der Waals surface area contributed by atoms with Crippen LogP contribution in [0.2, 0.25) is 0 Å². The minimum atomic E-state index is -3.66. The molecule has 0 aliphatic carbocycles. The molecule has 1 amide bonds. The van der Waals surface area contributed by atoms with E-state index < -0.39 is 7.60 Å². The van der Waals surface area contributed by atoms with Gasteiger partial charge in [-0.05, 0) is 40.7 Å². The van der Waals surface area contributed by atoms with Crippen LogP contribution < -0.4 is 5.32 Å². The summed E-state index contributed by atoms with van der Waals surface area (Å²) in [6, 6.07) is 37.6. The van der Waals surface area contributed by atoms with Crippen LogP contribution in [0.25, 0.3) is 11.1 Å². The molecule has 0 aliphatic rings. The van der Waals surface area contributed by atoms with Crippen LogP contribution in [0, 0.1) is 0 Å². The minimum absolute atomic E-state index is 0.110. The van der Waals surface area contributed by atoms with Crippen molar-refractivity contribution in [3.8, 4) is 11.1 Å². The third-order valence-electron chi connectivity index (χ3n) is 5.90. The molecule has 0 heterocycles. The van der Waals surface area contributed by atoms with Crippen molar-refractivity contribution in [2.24, 2.45) is 0 Å². The van der Waals surface area contributed by atoms with E-state index in [0.717, 1.165) is 24.0 Å². The largest absolute Gasteiger partial charge is 0.356 e. The van der Waals surface area contributed by atoms with E-state index >= 15 is 0 Å². The van der Waals surface area contributed by atoms with E-state index in [2.05, 4.69) is 41.7 Å². The van der Waals surface area contributed by atoms with Gasteiger partial charge in [0, 0.05) is 6.54 Å². The first-order valence-electron chi connectivity index (χ1n) is 12.5. The van der Waals surface area contributed by atoms with Crippen LogP contribution in [-0.2, 0) is 38.0 Å². The molecule has 0 spiro atoms. The van der Waals surface area contributed by atoms with Crippen LogP contribution in [-0.4, -0.2) is 18.6 Å². The number of carbonyl (C=O) groups is 1. The van der Waals surface area contributed by atoms with Crippen LogP contribution in [0.4, 0.5) is 0 Å². The highest BCUT2D eigenvalue weighted by atomic mass is 31.2. The first-order chi connectivity index (χ1) is 18.1. The molecule has 0 aliphatic heterocycles. The maximum absolute atomic E-state index is 13.5. The van der Waals surface area contributed by atoms with Crippen LogP contribution in [0.3, 0.4) is 0 Å². The predicted octanol–water partition coefficient (Wildman–Crippen LogP) is 7.03. The average molecular weight is 514 g/mol. The van der Waals surface area contributed by atoms with Gasteiger partial charge in [-0.2, -0.15) is 0 Å². The lowest BCUT2D eigenvalue weighted by molar-refractivity contribution is -0.118. The summed E-state index contributed by atoms with van der Waals surface area (Å²) in [5.41, 5.74) is 5.31. The standard InChI is InChI=1S/C31H32NO4P/c33-31(32-22-10-15-26-18-20-30(21-19-26)29-16-8-3-9-17-29)25-37(34,35-23-27-11-4-1-5-12-27)36-24-28-13-6-2-7-14-28/h1-9,11-14,16-21H,10,15,22-25H2,(H,32,33). The quantitative estimate of drug-likeness (QED) is 0.154. The summed E-state index contributed by atoms with van der Waals surface area (Å²) in [6.45, 7) is 0.703. The maximum atomic E-state index is 13.5. The van der Waals surface area contributed by atoms with E-state index in [1.54, 1.807) is 0 Å². The Morgan fingerprint density at radius 3 is 1.65 bits per heavy atom. The van der Waals surface area contributed by atoms with Gasteiger partial charge in [-0.15, -0.1) is 0 Å². The molecule has 0 aromatic heterocycles. The molecule has 0 atom stereocenters. The Hall–Kier alpha value is -3.50. The summed E-state index contributed by atoms with van der Waals surface area (Å²) < 4.78 is 24.9. The Kier molecular flexibility index (Phi) is 9.84. The molecule has 0 radical (unpaired) electrons. The maximum Gasteiger partial charge on any atom is 0.340 e. The second-order valence-corrected chi connectivity index (χ2v) is 10.9. The molecule has 0 saturated carbocycles. The average Bonchev–Trinajstić information content (AvgIpc) is 2.95. The van der Waals surface area contributed by atoms with Crippen LogP contribution in [0.15, 0.2) is 115 Å². The number of amides is 1. The van der Waals surface area contributed by atoms with Gasteiger partial charge < -0.3 is 14.4 Å². The van der Waals surface area contributed by atoms with Crippen molar-refractivity contribution in [3.05, 3.63) is 132 Å². The van der Waals surface area contributed by atoms with Gasteiger partial charge in [0.25, 0.3) is 0 Å². The number of hydrogen-bond acceptors (Lipinski definition) is 4. The summed E-state index contributed by atoms with van der Waals surface area (Å²) in [7, 11) is -3.66. The van der Waals surface area contributed by atoms with E-state index in [-0.39, 0.29) is 25.3 Å². The molecule has 6 heteroatoms. The van der Waals surface area contributed by atoms with Crippen molar-refractivity contribution < 1.29 is 18.4 Å². The Morgan fingerprint density at radius 2 is 1.11 bits per heavy atom. The van der Waals surface area contributed by atoms with E-state index in [9.17, 15) is 9.36 Å². The van der Waals surface area contributed by atoms with Gasteiger partial charge in [-0.1, -0.05) is 115 Å². The highest BCUT2D eigenvalue weighted by Gasteiger charge is 2.29. The first kappa shape index (κ1) is 26.6. The second-order valence-electron chi connectivity index (χ2n) is 8.80. The van der Waals surface area contributed by atoms with E-state index in [0.29, 0.717) is 6.54 Å². The number of nitrogens with one attached hydrogen (secondary N) is 1. The van der Waals surface area contributed by atoms with E-state index in [1.165, 1.54) is 16.7 Å². The number of carbonyl (C=O) groups excluding carboxylic acids is 1. The summed E-state index contributed by atoms with van der Waals surface area (Å²) in [4.78, 5) is 12.7. The Balaban J connectivity index is 1.26. The van der Waals surface area contributed by atoms with Gasteiger partial charge in [0.1, 0.15) is 6.16 Å². The Bertz CT molecular complexity index is 1230. The summed E-state index contributed by atoms with van der Waals surface area (Å²) >= 11 is 0. The highest BCUT2D eigenvalue weighted by molar-refractivity contribution is 7.54. The zero-order chi connectivity index (χ0) is 25.8. The number of hydrogen-bond donors (Lipinski definition) is 1. The van der Waals surface area contributed by atoms with Gasteiger partial charge in [-0.25, -0.2) is 0 Å². The molecule has 0 unspecified atom stereocenters. The fourth-order valence-electron chi connectivity index (χ4n) is 3.87. The molecular weight excluding hydrogens is 481 g/mol. The van der Waals surface area contributed by atoms with Gasteiger partial charge in [0.2, 0.25) is 5.91 Å². The third-order valence-corrected chi connectivity index (χ3v) is 7.62. The molecule has 37 heavy (non-hydrogen) atoms. The van der Waals surface area contributed by atoms with Gasteiger partial charge in [-0.3, -0.25) is 9.36 Å². The normalized spacial score (nSPS) is 11.2. The van der Waals surface area contributed by atoms with Crippen molar-refractivity contribution >= 4 is 13.5 Å². The molecule has 4 aromatic rings. The summed E-state index contributed by atoms with van der Waals surface area (Å²) in [6.07, 6.45) is 1.29. The molecule has 4 aromatic carbocycles. The lowest BCUT2D eigenvalue weighted by Gasteiger charge is -2.19. The number of aryl methyl sites for hydroxylation is 1. The van der Waals surface area contributed by atoms with Crippen molar-refractivity contribution in [1.29, 1.82) is 0 Å². The van der Waals surface area contributed by atoms with Gasteiger partial charge in [0.05, 0.1) is 13.2 Å². The molecular formula is C31H32NO4P. The predicted molar refractivity (Wildman–Crippen MR) is 148 cm³/mol. The fourth-order valence-corrected chi connectivity index (χ4v) is 5.28. The van der Waals surface area contributed by atoms with Crippen LogP contribution in [0.1, 0.15) is 23.1 Å². The van der Waals surface area contributed by atoms with Crippen LogP contribution in [0.5, 0.6) is 0 Å². The molecule has 190 valence electrons. The molecule has 1 N–H and O–H groups in total. The number of rotatable bonds is 13. The van der Waals surface area contributed by atoms with Crippen LogP contribution >= 0.6 is 7.60 Å². The van der Waals surface area contributed by atoms with Crippen molar-refractivity contribution in [2.45, 2.75) is 26.1 Å². The molecule has 0 bridgehead atoms. The monoisotopic (exact) mass is 513 g/mol. The van der Waals surface area contributed by atoms with Crippen molar-refractivity contribution in [3.63, 3.8) is 0 Å². The summed E-state index contributed by atoms with van der Waals surface area (Å²) in [5, 5.41) is 2.87. The molecule has 5 nitrogen and oxygen atoms in total. The van der Waals surface area contributed by atoms with E-state index in [4.69, 9.17) is 9.05 Å². The van der Waals surface area contributed by atoms with Gasteiger partial charge >= 0.3 is 7.60 Å². The van der Waals surface area contributed by atoms with Gasteiger partial charge in [0.15, 0.2) is 0 Å². The topological polar surface area (TPSA) is 64.6 Å². The zero-order valence-corrected chi connectivity index (χ0v) is 21.7. The number of benzene rings is 4. The van der Waals surface area contributed by atoms with Crippen molar-refractivity contribution in [2.75, 3.05) is 12.7 Å². The highest BCUT2D eigenvalue weighted by Crippen LogP contribution is 2.49. The summed E-state index contributed by atoms with van der Waals surface area (Å²) in [5.74, 6) is -0.344. The smallest absolute Gasteiger partial charge is 0.340 e. The van der Waals surface area contributed by atoms with E-state index in [1.807, 2.05) is 78.9 Å². The SMILES string of the molecule is O=C(CP(=O)(OCc1ccccc1)OCc1ccccc1)NCCCc1ccc(-c2ccccc2)cc1. The second kappa shape index (κ2) is 13.7.